The lowest BCUT2D eigenvalue weighted by Crippen LogP contribution is -2.47. The summed E-state index contributed by atoms with van der Waals surface area (Å²) in [6.07, 6.45) is 0. The van der Waals surface area contributed by atoms with Crippen LogP contribution in [-0.2, 0) is 4.79 Å². The second kappa shape index (κ2) is 6.03. The number of carbonyl (C=O) groups excluding carboxylic acids is 2. The molecule has 1 atom stereocenters. The van der Waals surface area contributed by atoms with Gasteiger partial charge in [0.05, 0.1) is 5.69 Å². The van der Waals surface area contributed by atoms with E-state index in [1.54, 1.807) is 0 Å². The molecule has 0 saturated carbocycles. The zero-order valence-corrected chi connectivity index (χ0v) is 14.0. The maximum absolute atomic E-state index is 12.4. The van der Waals surface area contributed by atoms with Gasteiger partial charge in [-0.15, -0.1) is 11.3 Å². The number of anilines is 1. The van der Waals surface area contributed by atoms with Gasteiger partial charge in [-0.2, -0.15) is 0 Å². The summed E-state index contributed by atoms with van der Waals surface area (Å²) in [4.78, 5) is 24.1. The highest BCUT2D eigenvalue weighted by Gasteiger charge is 2.25. The van der Waals surface area contributed by atoms with E-state index in [0.717, 1.165) is 14.6 Å². The molecule has 0 radical (unpaired) electrons. The average Bonchev–Trinajstić information content (AvgIpc) is 2.73. The van der Waals surface area contributed by atoms with Gasteiger partial charge in [-0.05, 0) is 18.1 Å². The molecule has 0 aliphatic rings. The van der Waals surface area contributed by atoms with Gasteiger partial charge in [0, 0.05) is 14.6 Å². The molecule has 0 aliphatic heterocycles. The molecule has 0 bridgehead atoms. The number of thiophene rings is 1. The van der Waals surface area contributed by atoms with Crippen LogP contribution < -0.4 is 16.8 Å². The lowest BCUT2D eigenvalue weighted by molar-refractivity contribution is -0.120. The van der Waals surface area contributed by atoms with Crippen molar-refractivity contribution in [1.82, 2.24) is 5.32 Å². The van der Waals surface area contributed by atoms with Gasteiger partial charge in [0.25, 0.3) is 5.91 Å². The van der Waals surface area contributed by atoms with Crippen LogP contribution in [0, 0.1) is 5.92 Å². The number of nitrogens with one attached hydrogen (secondary N) is 1. The minimum Gasteiger partial charge on any atom is -0.397 e. The smallest absolute Gasteiger partial charge is 0.264 e. The first-order valence-corrected chi connectivity index (χ1v) is 8.00. The number of hydrogen-bond donors (Lipinski definition) is 3. The molecule has 2 amide bonds. The van der Waals surface area contributed by atoms with Gasteiger partial charge in [-0.25, -0.2) is 0 Å². The fourth-order valence-electron chi connectivity index (χ4n) is 2.07. The Morgan fingerprint density at radius 2 is 2.00 bits per heavy atom. The minimum atomic E-state index is -0.717. The fraction of sp³-hybridized carbons (Fsp3) is 0.286. The van der Waals surface area contributed by atoms with E-state index >= 15 is 0 Å². The summed E-state index contributed by atoms with van der Waals surface area (Å²) in [5, 5.41) is 3.47. The van der Waals surface area contributed by atoms with Gasteiger partial charge in [0.2, 0.25) is 5.91 Å². The van der Waals surface area contributed by atoms with Gasteiger partial charge in [-0.3, -0.25) is 9.59 Å². The quantitative estimate of drug-likeness (QED) is 0.771. The molecule has 0 aliphatic carbocycles. The summed E-state index contributed by atoms with van der Waals surface area (Å²) < 4.78 is 1.75. The standard InChI is InChI=1S/C14H16BrN3O2S/c1-6(2)11(13(17)19)18-14(20)12-10(16)9-7(15)4-3-5-8(9)21-12/h3-6,11H,16H2,1-2H3,(H2,17,19)(H,18,20). The van der Waals surface area contributed by atoms with Crippen LogP contribution in [0.1, 0.15) is 23.5 Å². The molecule has 1 unspecified atom stereocenters. The lowest BCUT2D eigenvalue weighted by Gasteiger charge is -2.18. The van der Waals surface area contributed by atoms with Crippen LogP contribution in [0.25, 0.3) is 10.1 Å². The van der Waals surface area contributed by atoms with Crippen molar-refractivity contribution in [3.05, 3.63) is 27.5 Å². The summed E-state index contributed by atoms with van der Waals surface area (Å²) in [6, 6.07) is 4.93. The number of nitrogens with two attached hydrogens (primary N) is 2. The zero-order valence-electron chi connectivity index (χ0n) is 11.6. The number of amides is 2. The molecular formula is C14H16BrN3O2S. The molecule has 7 heteroatoms. The Morgan fingerprint density at radius 3 is 2.52 bits per heavy atom. The fourth-order valence-corrected chi connectivity index (χ4v) is 3.83. The van der Waals surface area contributed by atoms with Crippen LogP contribution in [0.2, 0.25) is 0 Å². The van der Waals surface area contributed by atoms with Crippen molar-refractivity contribution in [2.75, 3.05) is 5.73 Å². The number of carbonyl (C=O) groups is 2. The number of rotatable bonds is 4. The molecule has 0 fully saturated rings. The molecule has 1 heterocycles. The summed E-state index contributed by atoms with van der Waals surface area (Å²) in [7, 11) is 0. The van der Waals surface area contributed by atoms with E-state index in [2.05, 4.69) is 21.2 Å². The Hall–Kier alpha value is -1.60. The molecule has 112 valence electrons. The van der Waals surface area contributed by atoms with Crippen LogP contribution in [0.5, 0.6) is 0 Å². The Morgan fingerprint density at radius 1 is 1.33 bits per heavy atom. The van der Waals surface area contributed by atoms with Gasteiger partial charge >= 0.3 is 0 Å². The molecular weight excluding hydrogens is 354 g/mol. The largest absolute Gasteiger partial charge is 0.397 e. The molecule has 2 aromatic rings. The van der Waals surface area contributed by atoms with Crippen LogP contribution in [0.3, 0.4) is 0 Å². The first-order valence-electron chi connectivity index (χ1n) is 6.39. The van der Waals surface area contributed by atoms with E-state index in [4.69, 9.17) is 11.5 Å². The average molecular weight is 370 g/mol. The Labute approximate surface area is 134 Å². The van der Waals surface area contributed by atoms with Crippen LogP contribution in [0.4, 0.5) is 5.69 Å². The van der Waals surface area contributed by atoms with Gasteiger partial charge in [0.1, 0.15) is 10.9 Å². The van der Waals surface area contributed by atoms with Crippen LogP contribution in [-0.4, -0.2) is 17.9 Å². The van der Waals surface area contributed by atoms with Gasteiger partial charge < -0.3 is 16.8 Å². The Kier molecular flexibility index (Phi) is 4.53. The van der Waals surface area contributed by atoms with Crippen LogP contribution >= 0.6 is 27.3 Å². The van der Waals surface area contributed by atoms with E-state index in [0.29, 0.717) is 10.6 Å². The molecule has 5 N–H and O–H groups in total. The molecule has 1 aromatic carbocycles. The molecule has 5 nitrogen and oxygen atoms in total. The Balaban J connectivity index is 2.38. The van der Waals surface area contributed by atoms with E-state index in [9.17, 15) is 9.59 Å². The van der Waals surface area contributed by atoms with E-state index in [1.807, 2.05) is 32.0 Å². The topological polar surface area (TPSA) is 98.2 Å². The predicted octanol–water partition coefficient (Wildman–Crippen LogP) is 2.49. The monoisotopic (exact) mass is 369 g/mol. The van der Waals surface area contributed by atoms with Crippen molar-refractivity contribution in [1.29, 1.82) is 0 Å². The number of halogens is 1. The number of nitrogen functional groups attached to an aromatic ring is 1. The molecule has 2 rings (SSSR count). The van der Waals surface area contributed by atoms with Gasteiger partial charge in [-0.1, -0.05) is 35.8 Å². The summed E-state index contributed by atoms with van der Waals surface area (Å²) in [6.45, 7) is 3.64. The number of hydrogen-bond acceptors (Lipinski definition) is 4. The third kappa shape index (κ3) is 3.03. The second-order valence-corrected chi connectivity index (χ2v) is 6.96. The summed E-state index contributed by atoms with van der Waals surface area (Å²) in [5.41, 5.74) is 11.8. The van der Waals surface area contributed by atoms with E-state index < -0.39 is 11.9 Å². The summed E-state index contributed by atoms with van der Waals surface area (Å²) >= 11 is 4.72. The third-order valence-corrected chi connectivity index (χ3v) is 5.00. The highest BCUT2D eigenvalue weighted by atomic mass is 79.9. The van der Waals surface area contributed by atoms with Crippen LogP contribution in [0.15, 0.2) is 22.7 Å². The minimum absolute atomic E-state index is 0.0891. The molecule has 0 saturated heterocycles. The van der Waals surface area contributed by atoms with Crippen molar-refractivity contribution >= 4 is 54.9 Å². The van der Waals surface area contributed by atoms with Crippen molar-refractivity contribution in [2.24, 2.45) is 11.7 Å². The van der Waals surface area contributed by atoms with Gasteiger partial charge in [0.15, 0.2) is 0 Å². The number of primary amides is 1. The van der Waals surface area contributed by atoms with Crippen molar-refractivity contribution in [2.45, 2.75) is 19.9 Å². The summed E-state index contributed by atoms with van der Waals surface area (Å²) in [5.74, 6) is -1.02. The second-order valence-electron chi connectivity index (χ2n) is 5.06. The number of benzene rings is 1. The maximum Gasteiger partial charge on any atom is 0.264 e. The van der Waals surface area contributed by atoms with Crippen molar-refractivity contribution in [3.8, 4) is 0 Å². The molecule has 0 spiro atoms. The first-order chi connectivity index (χ1) is 9.82. The predicted molar refractivity (Wildman–Crippen MR) is 89.2 cm³/mol. The normalized spacial score (nSPS) is 12.6. The lowest BCUT2D eigenvalue weighted by atomic mass is 10.0. The van der Waals surface area contributed by atoms with E-state index in [1.165, 1.54) is 11.3 Å². The highest BCUT2D eigenvalue weighted by Crippen LogP contribution is 2.38. The molecule has 1 aromatic heterocycles. The Bertz CT molecular complexity index is 712. The SMILES string of the molecule is CC(C)C(NC(=O)c1sc2cccc(Br)c2c1N)C(N)=O. The van der Waals surface area contributed by atoms with E-state index in [-0.39, 0.29) is 11.8 Å². The maximum atomic E-state index is 12.4. The highest BCUT2D eigenvalue weighted by molar-refractivity contribution is 9.10. The molecule has 21 heavy (non-hydrogen) atoms. The number of fused-ring (bicyclic) bond motifs is 1. The van der Waals surface area contributed by atoms with Crippen molar-refractivity contribution in [3.63, 3.8) is 0 Å². The zero-order chi connectivity index (χ0) is 15.7. The van der Waals surface area contributed by atoms with Crippen molar-refractivity contribution < 1.29 is 9.59 Å². The first kappa shape index (κ1) is 15.8. The third-order valence-electron chi connectivity index (χ3n) is 3.17.